The fourth-order valence-corrected chi connectivity index (χ4v) is 3.75. The number of aliphatic hydroxyl groups is 1. The van der Waals surface area contributed by atoms with Crippen molar-refractivity contribution in [2.75, 3.05) is 5.32 Å². The Morgan fingerprint density at radius 3 is 2.58 bits per heavy atom. The predicted octanol–water partition coefficient (Wildman–Crippen LogP) is 3.93. The molecule has 4 heterocycles. The number of aliphatic hydroxyl groups excluding tert-OH is 1. The van der Waals surface area contributed by atoms with Crippen molar-refractivity contribution < 1.29 is 13.9 Å². The van der Waals surface area contributed by atoms with Crippen LogP contribution in [0.3, 0.4) is 0 Å². The minimum atomic E-state index is -3.03. The number of fused-ring (bicyclic) bond motifs is 1. The second-order valence-electron chi connectivity index (χ2n) is 8.06. The first-order chi connectivity index (χ1) is 17.3. The quantitative estimate of drug-likeness (QED) is 0.369. The summed E-state index contributed by atoms with van der Waals surface area (Å²) in [6.07, 6.45) is -3.54. The molecule has 0 spiro atoms. The molecule has 36 heavy (non-hydrogen) atoms. The van der Waals surface area contributed by atoms with Gasteiger partial charge in [0.05, 0.1) is 16.7 Å². The summed E-state index contributed by atoms with van der Waals surface area (Å²) in [6, 6.07) is 15.5. The summed E-state index contributed by atoms with van der Waals surface area (Å²) in [5, 5.41) is 34.8. The third-order valence-electron chi connectivity index (χ3n) is 5.51. The van der Waals surface area contributed by atoms with Gasteiger partial charge in [0, 0.05) is 16.9 Å². The predicted molar refractivity (Wildman–Crippen MR) is 126 cm³/mol. The van der Waals surface area contributed by atoms with Gasteiger partial charge in [-0.15, -0.1) is 5.10 Å². The molecule has 0 saturated heterocycles. The molecule has 0 aliphatic heterocycles. The molecule has 180 valence electrons. The van der Waals surface area contributed by atoms with Crippen molar-refractivity contribution in [1.82, 2.24) is 34.5 Å². The molecule has 5 aromatic rings. The Bertz CT molecular complexity index is 1600. The van der Waals surface area contributed by atoms with Crippen LogP contribution < -0.4 is 5.32 Å². The second kappa shape index (κ2) is 9.12. The molecule has 12 heteroatoms. The van der Waals surface area contributed by atoms with Crippen LogP contribution in [-0.2, 0) is 0 Å². The van der Waals surface area contributed by atoms with Crippen LogP contribution in [0.5, 0.6) is 0 Å². The molecule has 5 rings (SSSR count). The minimum Gasteiger partial charge on any atom is -0.382 e. The summed E-state index contributed by atoms with van der Waals surface area (Å²) in [4.78, 5) is 8.98. The maximum absolute atomic E-state index is 13.4. The maximum Gasteiger partial charge on any atom is 0.268 e. The van der Waals surface area contributed by atoms with Gasteiger partial charge in [0.15, 0.2) is 17.3 Å². The smallest absolute Gasteiger partial charge is 0.268 e. The van der Waals surface area contributed by atoms with E-state index in [9.17, 15) is 19.1 Å². The fourth-order valence-electron chi connectivity index (χ4n) is 3.75. The summed E-state index contributed by atoms with van der Waals surface area (Å²) in [5.74, 6) is 0.957. The van der Waals surface area contributed by atoms with E-state index in [0.717, 1.165) is 11.4 Å². The third-order valence-corrected chi connectivity index (χ3v) is 5.51. The van der Waals surface area contributed by atoms with E-state index in [-0.39, 0.29) is 17.1 Å². The lowest BCUT2D eigenvalue weighted by molar-refractivity contribution is -0.00603. The SMILES string of the molecule is Cc1ccc(Nc2ccc3c(c2)ncn3-c2ccc(C(O)C(F)F)c(-n3nc(C#N)cc3C)n2)nn1. The van der Waals surface area contributed by atoms with Gasteiger partial charge in [-0.25, -0.2) is 23.4 Å². The summed E-state index contributed by atoms with van der Waals surface area (Å²) >= 11 is 0. The fraction of sp³-hybridized carbons (Fsp3) is 0.167. The number of alkyl halides is 2. The summed E-state index contributed by atoms with van der Waals surface area (Å²) in [7, 11) is 0. The zero-order valence-corrected chi connectivity index (χ0v) is 19.1. The van der Waals surface area contributed by atoms with E-state index in [2.05, 4.69) is 30.6 Å². The van der Waals surface area contributed by atoms with Crippen molar-refractivity contribution in [2.45, 2.75) is 26.4 Å². The first-order valence-corrected chi connectivity index (χ1v) is 10.8. The van der Waals surface area contributed by atoms with Crippen molar-refractivity contribution in [3.63, 3.8) is 0 Å². The number of imidazole rings is 1. The number of aromatic nitrogens is 7. The van der Waals surface area contributed by atoms with Gasteiger partial charge in [0.25, 0.3) is 6.43 Å². The molecule has 10 nitrogen and oxygen atoms in total. The van der Waals surface area contributed by atoms with Crippen molar-refractivity contribution in [3.8, 4) is 17.7 Å². The lowest BCUT2D eigenvalue weighted by Gasteiger charge is -2.16. The average molecular weight is 487 g/mol. The number of hydrogen-bond donors (Lipinski definition) is 2. The molecule has 0 radical (unpaired) electrons. The molecule has 2 N–H and O–H groups in total. The number of halogens is 2. The van der Waals surface area contributed by atoms with Crippen molar-refractivity contribution in [3.05, 3.63) is 77.5 Å². The molecule has 0 saturated carbocycles. The standard InChI is InChI=1S/C24H19F2N9O/c1-13-3-7-20(32-31-13)29-15-4-6-19-18(10-15)28-12-34(19)21-8-5-17(22(36)23(25)26)24(30-21)35-14(2)9-16(11-27)33-35/h3-10,12,22-23,36H,1-2H3,(H,29,32). The van der Waals surface area contributed by atoms with E-state index in [4.69, 9.17) is 0 Å². The van der Waals surface area contributed by atoms with E-state index < -0.39 is 12.5 Å². The first kappa shape index (κ1) is 23.0. The highest BCUT2D eigenvalue weighted by atomic mass is 19.3. The Morgan fingerprint density at radius 2 is 1.89 bits per heavy atom. The molecular weight excluding hydrogens is 468 g/mol. The van der Waals surface area contributed by atoms with Crippen LogP contribution in [0, 0.1) is 25.2 Å². The first-order valence-electron chi connectivity index (χ1n) is 10.8. The number of hydrogen-bond acceptors (Lipinski definition) is 8. The summed E-state index contributed by atoms with van der Waals surface area (Å²) < 4.78 is 29.7. The number of nitrogens with zero attached hydrogens (tertiary/aromatic N) is 8. The van der Waals surface area contributed by atoms with E-state index in [1.165, 1.54) is 22.9 Å². The maximum atomic E-state index is 13.4. The number of nitrogens with one attached hydrogen (secondary N) is 1. The lowest BCUT2D eigenvalue weighted by atomic mass is 10.1. The molecule has 1 aromatic carbocycles. The number of benzene rings is 1. The molecule has 0 amide bonds. The molecule has 1 atom stereocenters. The van der Waals surface area contributed by atoms with Gasteiger partial charge in [0.2, 0.25) is 0 Å². The molecule has 0 bridgehead atoms. The Labute approximate surface area is 203 Å². The molecular formula is C24H19F2N9O. The molecule has 0 fully saturated rings. The van der Waals surface area contributed by atoms with Gasteiger partial charge >= 0.3 is 0 Å². The van der Waals surface area contributed by atoms with Crippen LogP contribution >= 0.6 is 0 Å². The minimum absolute atomic E-state index is 0.00242. The number of rotatable bonds is 6. The highest BCUT2D eigenvalue weighted by Gasteiger charge is 2.26. The van der Waals surface area contributed by atoms with Gasteiger partial charge in [-0.05, 0) is 62.4 Å². The number of nitriles is 1. The van der Waals surface area contributed by atoms with Crippen molar-refractivity contribution >= 4 is 22.5 Å². The largest absolute Gasteiger partial charge is 0.382 e. The Balaban J connectivity index is 1.56. The van der Waals surface area contributed by atoms with Crippen LogP contribution in [-0.4, -0.2) is 46.0 Å². The van der Waals surface area contributed by atoms with Crippen molar-refractivity contribution in [1.29, 1.82) is 5.26 Å². The van der Waals surface area contributed by atoms with Gasteiger partial charge < -0.3 is 10.4 Å². The van der Waals surface area contributed by atoms with Crippen LogP contribution in [0.25, 0.3) is 22.7 Å². The second-order valence-corrected chi connectivity index (χ2v) is 8.06. The Kier molecular flexibility index (Phi) is 5.83. The van der Waals surface area contributed by atoms with Crippen LogP contribution in [0.15, 0.2) is 54.9 Å². The van der Waals surface area contributed by atoms with Gasteiger partial charge in [-0.1, -0.05) is 0 Å². The van der Waals surface area contributed by atoms with Crippen molar-refractivity contribution in [2.24, 2.45) is 0 Å². The monoisotopic (exact) mass is 487 g/mol. The number of anilines is 2. The molecule has 4 aromatic heterocycles. The van der Waals surface area contributed by atoms with Crippen LogP contribution in [0.4, 0.5) is 20.3 Å². The van der Waals surface area contributed by atoms with E-state index in [1.54, 1.807) is 17.8 Å². The van der Waals surface area contributed by atoms with Crippen LogP contribution in [0.2, 0.25) is 0 Å². The molecule has 1 unspecified atom stereocenters. The number of aryl methyl sites for hydroxylation is 2. The third kappa shape index (κ3) is 4.23. The zero-order chi connectivity index (χ0) is 25.4. The lowest BCUT2D eigenvalue weighted by Crippen LogP contribution is -2.15. The summed E-state index contributed by atoms with van der Waals surface area (Å²) in [5.41, 5.74) is 3.43. The highest BCUT2D eigenvalue weighted by molar-refractivity contribution is 5.82. The highest BCUT2D eigenvalue weighted by Crippen LogP contribution is 2.29. The molecule has 0 aliphatic carbocycles. The van der Waals surface area contributed by atoms with E-state index >= 15 is 0 Å². The van der Waals surface area contributed by atoms with Gasteiger partial charge in [-0.3, -0.25) is 4.57 Å². The normalized spacial score (nSPS) is 12.1. The summed E-state index contributed by atoms with van der Waals surface area (Å²) in [6.45, 7) is 3.52. The van der Waals surface area contributed by atoms with Crippen LogP contribution in [0.1, 0.15) is 28.7 Å². The van der Waals surface area contributed by atoms with E-state index in [0.29, 0.717) is 28.4 Å². The zero-order valence-electron chi connectivity index (χ0n) is 19.1. The average Bonchev–Trinajstić information content (AvgIpc) is 3.47. The number of pyridine rings is 1. The topological polar surface area (TPSA) is 130 Å². The Hall–Kier alpha value is -4.76. The van der Waals surface area contributed by atoms with E-state index in [1.807, 2.05) is 43.3 Å². The Morgan fingerprint density at radius 1 is 1.06 bits per heavy atom. The van der Waals surface area contributed by atoms with Gasteiger partial charge in [-0.2, -0.15) is 15.5 Å². The van der Waals surface area contributed by atoms with Gasteiger partial charge in [0.1, 0.15) is 24.3 Å². The molecule has 0 aliphatic rings.